The van der Waals surface area contributed by atoms with Crippen molar-refractivity contribution in [2.24, 2.45) is 0 Å². The fourth-order valence-electron chi connectivity index (χ4n) is 5.70. The van der Waals surface area contributed by atoms with Crippen LogP contribution in [0.5, 0.6) is 0 Å². The molecule has 3 aliphatic heterocycles. The number of aliphatic hydroxyl groups is 1. The maximum Gasteiger partial charge on any atom is 0.325 e. The number of nitrogens with zero attached hydrogens (tertiary/aromatic N) is 4. The Morgan fingerprint density at radius 2 is 1.48 bits per heavy atom. The number of halogens is 4. The molecule has 5 heterocycles. The number of imidazole rings is 2. The zero-order valence-corrected chi connectivity index (χ0v) is 28.3. The molecule has 4 unspecified atom stereocenters. The van der Waals surface area contributed by atoms with Gasteiger partial charge in [0.15, 0.2) is 18.6 Å². The molecule has 3 fully saturated rings. The SMILES string of the molecule is [B]P1(=O)OC[C@H]2O[C@@H](n3cnc4cc(Cl)c(Cl)cc43)C(O)[C@H]2OP(O)(=S)OC[C@H]2O[C@@H](n3cnc4cc(Cl)c(C)cc43)[C@@H](F)C2O1. The minimum absolute atomic E-state index is 0.233. The summed E-state index contributed by atoms with van der Waals surface area (Å²) in [6.07, 6.45) is -8.64. The lowest BCUT2D eigenvalue weighted by molar-refractivity contribution is -0.0570. The van der Waals surface area contributed by atoms with E-state index in [1.807, 2.05) is 0 Å². The fraction of sp³-hybridized carbons (Fsp3) is 0.440. The minimum atomic E-state index is -4.51. The maximum atomic E-state index is 16.1. The van der Waals surface area contributed by atoms with Crippen molar-refractivity contribution in [1.29, 1.82) is 0 Å². The summed E-state index contributed by atoms with van der Waals surface area (Å²) in [6.45, 7) is -3.52. The number of aryl methyl sites for hydroxylation is 1. The zero-order valence-electron chi connectivity index (χ0n) is 23.4. The van der Waals surface area contributed by atoms with Gasteiger partial charge in [0.25, 0.3) is 7.47 Å². The van der Waals surface area contributed by atoms with E-state index in [9.17, 15) is 14.6 Å². The Hall–Kier alpha value is -1.20. The number of aliphatic hydroxyl groups excluding tert-OH is 1. The van der Waals surface area contributed by atoms with E-state index in [1.165, 1.54) is 33.9 Å². The van der Waals surface area contributed by atoms with E-state index in [-0.39, 0.29) is 10.0 Å². The van der Waals surface area contributed by atoms with Crippen LogP contribution in [-0.2, 0) is 43.9 Å². The van der Waals surface area contributed by atoms with Gasteiger partial charge in [-0.3, -0.25) is 9.09 Å². The Morgan fingerprint density at radius 1 is 0.913 bits per heavy atom. The van der Waals surface area contributed by atoms with Crippen LogP contribution in [0.4, 0.5) is 4.39 Å². The maximum absolute atomic E-state index is 16.1. The lowest BCUT2D eigenvalue weighted by Crippen LogP contribution is -2.38. The van der Waals surface area contributed by atoms with Crippen LogP contribution < -0.4 is 0 Å². The summed E-state index contributed by atoms with van der Waals surface area (Å²) in [5, 5.41) is 12.3. The van der Waals surface area contributed by atoms with Gasteiger partial charge in [0.2, 0.25) is 7.57 Å². The Kier molecular flexibility index (Phi) is 8.90. The molecule has 0 bridgehead atoms. The van der Waals surface area contributed by atoms with E-state index >= 15 is 4.39 Å². The first-order valence-electron chi connectivity index (χ1n) is 13.7. The highest BCUT2D eigenvalue weighted by Gasteiger charge is 2.53. The Bertz CT molecular complexity index is 1810. The predicted octanol–water partition coefficient (Wildman–Crippen LogP) is 5.16. The summed E-state index contributed by atoms with van der Waals surface area (Å²) in [5.41, 5.74) is 2.64. The lowest BCUT2D eigenvalue weighted by Gasteiger charge is -2.30. The largest absolute Gasteiger partial charge is 0.386 e. The molecule has 2 N–H and O–H groups in total. The van der Waals surface area contributed by atoms with Gasteiger partial charge in [-0.1, -0.05) is 34.8 Å². The number of alkyl halides is 1. The van der Waals surface area contributed by atoms with E-state index < -0.39 is 76.6 Å². The molecule has 21 heteroatoms. The summed E-state index contributed by atoms with van der Waals surface area (Å²) < 4.78 is 66.6. The van der Waals surface area contributed by atoms with Gasteiger partial charge >= 0.3 is 6.72 Å². The molecule has 0 saturated carbocycles. The molecule has 2 radical (unpaired) electrons. The molecule has 0 spiro atoms. The standard InChI is InChI=1S/C25H23BCl3FN4O9P2S/c1-10-2-16-14(3-11(10)27)31-8-33(16)24-20(30)22-18(40-24)7-39-45(37,46)43-23-19(6-38-44(26,36)42-22)41-25(21(23)35)34-9-32-15-4-12(28)13(29)5-17(15)34/h2-5,8-9,18-25,35H,6-7H2,1H3,(H,37,46)/t18-,19-,20+,21?,22?,23+,24-,25-,44?,45?/m1/s1. The van der Waals surface area contributed by atoms with Gasteiger partial charge in [-0.15, -0.1) is 0 Å². The van der Waals surface area contributed by atoms with Gasteiger partial charge in [0.1, 0.15) is 30.5 Å². The molecule has 4 aromatic rings. The molecule has 13 nitrogen and oxygen atoms in total. The van der Waals surface area contributed by atoms with E-state index in [1.54, 1.807) is 19.1 Å². The van der Waals surface area contributed by atoms with Gasteiger partial charge in [-0.2, -0.15) is 0 Å². The molecule has 7 rings (SSSR count). The molecular formula is C25H23BCl3FN4O9P2S. The molecule has 0 amide bonds. The van der Waals surface area contributed by atoms with Gasteiger partial charge < -0.3 is 42.2 Å². The molecule has 2 aromatic heterocycles. The number of hydrogen-bond donors (Lipinski definition) is 2. The molecule has 2 aromatic carbocycles. The number of hydrogen-bond acceptors (Lipinski definition) is 11. The number of rotatable bonds is 2. The van der Waals surface area contributed by atoms with Crippen LogP contribution in [0.25, 0.3) is 22.1 Å². The molecule has 3 aliphatic rings. The first-order valence-corrected chi connectivity index (χ1v) is 19.0. The number of aromatic nitrogens is 4. The van der Waals surface area contributed by atoms with Crippen molar-refractivity contribution in [3.8, 4) is 0 Å². The van der Waals surface area contributed by atoms with Crippen LogP contribution in [-0.4, -0.2) is 86.6 Å². The Morgan fingerprint density at radius 3 is 2.20 bits per heavy atom. The first-order chi connectivity index (χ1) is 21.7. The van der Waals surface area contributed by atoms with Crippen molar-refractivity contribution in [3.63, 3.8) is 0 Å². The normalized spacial score (nSPS) is 37.2. The molecule has 0 aliphatic carbocycles. The summed E-state index contributed by atoms with van der Waals surface area (Å²) in [6, 6.07) is 6.43. The van der Waals surface area contributed by atoms with Crippen LogP contribution in [0.3, 0.4) is 0 Å². The van der Waals surface area contributed by atoms with Crippen LogP contribution >= 0.6 is 49.0 Å². The zero-order chi connectivity index (χ0) is 32.7. The fourth-order valence-corrected chi connectivity index (χ4v) is 8.63. The van der Waals surface area contributed by atoms with E-state index in [4.69, 9.17) is 81.7 Å². The van der Waals surface area contributed by atoms with Crippen molar-refractivity contribution < 1.29 is 46.5 Å². The minimum Gasteiger partial charge on any atom is -0.386 e. The van der Waals surface area contributed by atoms with Crippen molar-refractivity contribution in [2.75, 3.05) is 13.2 Å². The number of fused-ring (bicyclic) bond motifs is 4. The predicted molar refractivity (Wildman–Crippen MR) is 169 cm³/mol. The van der Waals surface area contributed by atoms with Crippen molar-refractivity contribution >= 4 is 90.4 Å². The highest BCUT2D eigenvalue weighted by atomic mass is 35.5. The van der Waals surface area contributed by atoms with E-state index in [0.29, 0.717) is 27.1 Å². The van der Waals surface area contributed by atoms with Crippen LogP contribution in [0, 0.1) is 6.92 Å². The Labute approximate surface area is 281 Å². The average molecular weight is 754 g/mol. The number of benzene rings is 2. The van der Waals surface area contributed by atoms with Gasteiger partial charge in [0.05, 0.1) is 58.0 Å². The van der Waals surface area contributed by atoms with Crippen molar-refractivity contribution in [3.05, 3.63) is 57.6 Å². The summed E-state index contributed by atoms with van der Waals surface area (Å²) in [7, 11) is 1.41. The quantitative estimate of drug-likeness (QED) is 0.206. The topological polar surface area (TPSA) is 149 Å². The van der Waals surface area contributed by atoms with Gasteiger partial charge in [-0.05, 0) is 48.6 Å². The smallest absolute Gasteiger partial charge is 0.325 e. The highest BCUT2D eigenvalue weighted by molar-refractivity contribution is 8.07. The van der Waals surface area contributed by atoms with Gasteiger partial charge in [-0.25, -0.2) is 14.4 Å². The summed E-state index contributed by atoms with van der Waals surface area (Å²) >= 11 is 23.8. The average Bonchev–Trinajstić information content (AvgIpc) is 3.72. The molecule has 3 saturated heterocycles. The highest BCUT2D eigenvalue weighted by Crippen LogP contribution is 2.54. The second kappa shape index (κ2) is 12.3. The van der Waals surface area contributed by atoms with E-state index in [2.05, 4.69) is 9.97 Å². The second-order valence-electron chi connectivity index (χ2n) is 11.0. The van der Waals surface area contributed by atoms with Crippen molar-refractivity contribution in [2.45, 2.75) is 56.1 Å². The number of ether oxygens (including phenoxy) is 2. The molecular weight excluding hydrogens is 730 g/mol. The molecule has 46 heavy (non-hydrogen) atoms. The van der Waals surface area contributed by atoms with Gasteiger partial charge in [0, 0.05) is 5.02 Å². The first kappa shape index (κ1) is 33.3. The third kappa shape index (κ3) is 6.09. The monoisotopic (exact) mass is 752 g/mol. The van der Waals surface area contributed by atoms with Crippen LogP contribution in [0.2, 0.25) is 15.1 Å². The molecule has 10 atom stereocenters. The van der Waals surface area contributed by atoms with Crippen molar-refractivity contribution in [1.82, 2.24) is 19.1 Å². The third-order valence-electron chi connectivity index (χ3n) is 7.94. The van der Waals surface area contributed by atoms with E-state index in [0.717, 1.165) is 5.56 Å². The lowest BCUT2D eigenvalue weighted by atomic mass is 10.1. The molecule has 244 valence electrons. The summed E-state index contributed by atoms with van der Waals surface area (Å²) in [5.74, 6) is 0. The second-order valence-corrected chi connectivity index (χ2v) is 16.5. The Balaban J connectivity index is 1.16. The summed E-state index contributed by atoms with van der Waals surface area (Å²) in [4.78, 5) is 19.6. The van der Waals surface area contributed by atoms with Crippen LogP contribution in [0.1, 0.15) is 18.0 Å². The third-order valence-corrected chi connectivity index (χ3v) is 11.7. The van der Waals surface area contributed by atoms with Crippen LogP contribution in [0.15, 0.2) is 36.9 Å².